The smallest absolute Gasteiger partial charge is 0.206 e. The maximum absolute atomic E-state index is 12.0. The Morgan fingerprint density at radius 3 is 1.25 bits per heavy atom. The van der Waals surface area contributed by atoms with Crippen LogP contribution in [0.3, 0.4) is 0 Å². The third-order valence-electron chi connectivity index (χ3n) is 2.11. The Bertz CT molecular complexity index is 490. The molecule has 0 aliphatic carbocycles. The van der Waals surface area contributed by atoms with E-state index >= 15 is 0 Å². The van der Waals surface area contributed by atoms with E-state index in [1.807, 2.05) is 0 Å². The lowest BCUT2D eigenvalue weighted by atomic mass is 10.4. The normalized spacial score (nSPS) is 10.5. The van der Waals surface area contributed by atoms with Gasteiger partial charge in [0, 0.05) is 0 Å². The van der Waals surface area contributed by atoms with Crippen molar-refractivity contribution < 1.29 is 8.42 Å². The molecule has 2 nitrogen and oxygen atoms in total. The Labute approximate surface area is 98.9 Å². The van der Waals surface area contributed by atoms with Gasteiger partial charge in [0.1, 0.15) is 0 Å². The first-order valence-electron chi connectivity index (χ1n) is 4.56. The van der Waals surface area contributed by atoms with E-state index in [4.69, 9.17) is 0 Å². The molecule has 0 aliphatic rings. The molecule has 0 spiro atoms. The maximum atomic E-state index is 12.0. The summed E-state index contributed by atoms with van der Waals surface area (Å²) in [7, 11) is -3.34. The molecule has 0 fully saturated rings. The van der Waals surface area contributed by atoms with Crippen LogP contribution in [0.4, 0.5) is 0 Å². The summed E-state index contributed by atoms with van der Waals surface area (Å²) < 4.78 is 24.1. The molecule has 0 saturated heterocycles. The first kappa shape index (κ1) is 12.9. The van der Waals surface area contributed by atoms with Gasteiger partial charge in [0.15, 0.2) is 0 Å². The molecule has 1 unspecified atom stereocenters. The third kappa shape index (κ3) is 2.49. The van der Waals surface area contributed by atoms with Gasteiger partial charge < -0.3 is 0 Å². The molecule has 2 rings (SSSR count). The Morgan fingerprint density at radius 1 is 0.625 bits per heavy atom. The largest absolute Gasteiger partial charge is 0.219 e. The fourth-order valence-corrected chi connectivity index (χ4v) is 2.64. The molecule has 0 heterocycles. The van der Waals surface area contributed by atoms with E-state index in [0.29, 0.717) is 9.79 Å². The molecule has 0 bridgehead atoms. The minimum Gasteiger partial charge on any atom is -0.219 e. The topological polar surface area (TPSA) is 34.1 Å². The molecule has 0 aliphatic heterocycles. The van der Waals surface area contributed by atoms with Crippen molar-refractivity contribution in [1.29, 1.82) is 0 Å². The van der Waals surface area contributed by atoms with Crippen molar-refractivity contribution in [3.8, 4) is 0 Å². The monoisotopic (exact) mass is 252 g/mol. The van der Waals surface area contributed by atoms with Crippen LogP contribution in [-0.4, -0.2) is 8.42 Å². The fraction of sp³-hybridized carbons (Fsp3) is 0. The number of hydrogen-bond donors (Lipinski definition) is 0. The summed E-state index contributed by atoms with van der Waals surface area (Å²) >= 11 is 0. The van der Waals surface area contributed by atoms with Gasteiger partial charge in [-0.1, -0.05) is 36.4 Å². The van der Waals surface area contributed by atoms with E-state index in [9.17, 15) is 8.42 Å². The van der Waals surface area contributed by atoms with Crippen molar-refractivity contribution in [3.63, 3.8) is 0 Å². The summed E-state index contributed by atoms with van der Waals surface area (Å²) in [6.45, 7) is 0. The fourth-order valence-electron chi connectivity index (χ4n) is 1.34. The maximum Gasteiger partial charge on any atom is 0.206 e. The van der Waals surface area contributed by atoms with Gasteiger partial charge in [-0.15, -0.1) is 0 Å². The van der Waals surface area contributed by atoms with Gasteiger partial charge in [-0.25, -0.2) is 8.42 Å². The van der Waals surface area contributed by atoms with Crippen molar-refractivity contribution in [1.82, 2.24) is 0 Å². The van der Waals surface area contributed by atoms with Gasteiger partial charge in [0.05, 0.1) is 9.79 Å². The zero-order valence-corrected chi connectivity index (χ0v) is 10.9. The van der Waals surface area contributed by atoms with Crippen molar-refractivity contribution >= 4 is 19.7 Å². The summed E-state index contributed by atoms with van der Waals surface area (Å²) in [5.41, 5.74) is 0. The summed E-state index contributed by atoms with van der Waals surface area (Å²) in [5.74, 6) is 0. The molecule has 84 valence electrons. The first-order valence-corrected chi connectivity index (χ1v) is 6.05. The Morgan fingerprint density at radius 2 is 0.938 bits per heavy atom. The lowest BCUT2D eigenvalue weighted by molar-refractivity contribution is 0.596. The van der Waals surface area contributed by atoms with Gasteiger partial charge in [0.2, 0.25) is 9.84 Å². The highest BCUT2D eigenvalue weighted by molar-refractivity contribution is 7.91. The van der Waals surface area contributed by atoms with Crippen LogP contribution in [0.1, 0.15) is 0 Å². The van der Waals surface area contributed by atoms with E-state index in [1.54, 1.807) is 60.7 Å². The van der Waals surface area contributed by atoms with Crippen LogP contribution in [-0.2, 0) is 9.84 Å². The minimum atomic E-state index is -3.34. The summed E-state index contributed by atoms with van der Waals surface area (Å²) in [6.07, 6.45) is 0. The van der Waals surface area contributed by atoms with Crippen LogP contribution in [0.2, 0.25) is 0 Å². The molecule has 0 saturated carbocycles. The Hall–Kier alpha value is -1.18. The summed E-state index contributed by atoms with van der Waals surface area (Å²) in [5, 5.41) is 0. The van der Waals surface area contributed by atoms with Crippen molar-refractivity contribution in [3.05, 3.63) is 60.7 Å². The van der Waals surface area contributed by atoms with Crippen molar-refractivity contribution in [2.75, 3.05) is 0 Å². The molecule has 1 atom stereocenters. The van der Waals surface area contributed by atoms with Gasteiger partial charge in [-0.3, -0.25) is 0 Å². The zero-order valence-electron chi connectivity index (χ0n) is 8.71. The van der Waals surface area contributed by atoms with Crippen LogP contribution in [0, 0.1) is 0 Å². The van der Waals surface area contributed by atoms with Crippen LogP contribution >= 0.6 is 9.90 Å². The Kier molecular flexibility index (Phi) is 4.22. The highest BCUT2D eigenvalue weighted by Gasteiger charge is 2.15. The average molecular weight is 252 g/mol. The number of sulfone groups is 1. The third-order valence-corrected chi connectivity index (χ3v) is 3.89. The SMILES string of the molecule is O=S(=O)(c1ccccc1)c1ccccc1.P. The molecule has 0 amide bonds. The lowest BCUT2D eigenvalue weighted by Gasteiger charge is -2.03. The molecule has 4 heteroatoms. The molecular formula is C12H13O2PS. The first-order chi connectivity index (χ1) is 7.21. The average Bonchev–Trinajstić information content (AvgIpc) is 2.31. The number of benzene rings is 2. The van der Waals surface area contributed by atoms with E-state index in [2.05, 4.69) is 0 Å². The van der Waals surface area contributed by atoms with Crippen LogP contribution in [0.15, 0.2) is 70.5 Å². The standard InChI is InChI=1S/C12H10O2S.H3P/c13-15(14,11-7-3-1-4-8-11)12-9-5-2-6-10-12;/h1-10H;1H3. The molecular weight excluding hydrogens is 239 g/mol. The second-order valence-electron chi connectivity index (χ2n) is 3.13. The number of rotatable bonds is 2. The molecule has 0 aromatic heterocycles. The highest BCUT2D eigenvalue weighted by atomic mass is 32.2. The number of hydrogen-bond acceptors (Lipinski definition) is 2. The summed E-state index contributed by atoms with van der Waals surface area (Å²) in [4.78, 5) is 0.660. The van der Waals surface area contributed by atoms with Crippen molar-refractivity contribution in [2.45, 2.75) is 9.79 Å². The lowest BCUT2D eigenvalue weighted by Crippen LogP contribution is -2.00. The second-order valence-corrected chi connectivity index (χ2v) is 5.08. The molecule has 2 aromatic rings. The van der Waals surface area contributed by atoms with Crippen LogP contribution in [0.25, 0.3) is 0 Å². The van der Waals surface area contributed by atoms with Gasteiger partial charge in [0.25, 0.3) is 0 Å². The predicted octanol–water partition coefficient (Wildman–Crippen LogP) is 2.58. The Balaban J connectivity index is 0.00000128. The quantitative estimate of drug-likeness (QED) is 0.770. The molecule has 0 N–H and O–H groups in total. The van der Waals surface area contributed by atoms with Gasteiger partial charge in [-0.2, -0.15) is 9.90 Å². The van der Waals surface area contributed by atoms with Crippen molar-refractivity contribution in [2.24, 2.45) is 0 Å². The van der Waals surface area contributed by atoms with E-state index in [1.165, 1.54) is 0 Å². The zero-order chi connectivity index (χ0) is 10.7. The van der Waals surface area contributed by atoms with Crippen LogP contribution < -0.4 is 0 Å². The van der Waals surface area contributed by atoms with E-state index in [0.717, 1.165) is 0 Å². The highest BCUT2D eigenvalue weighted by Crippen LogP contribution is 2.19. The van der Waals surface area contributed by atoms with Gasteiger partial charge in [-0.05, 0) is 24.3 Å². The molecule has 0 radical (unpaired) electrons. The molecule has 2 aromatic carbocycles. The second kappa shape index (κ2) is 5.24. The predicted molar refractivity (Wildman–Crippen MR) is 69.4 cm³/mol. The van der Waals surface area contributed by atoms with E-state index in [-0.39, 0.29) is 9.90 Å². The minimum absolute atomic E-state index is 0. The summed E-state index contributed by atoms with van der Waals surface area (Å²) in [6, 6.07) is 16.9. The van der Waals surface area contributed by atoms with Crippen LogP contribution in [0.5, 0.6) is 0 Å². The van der Waals surface area contributed by atoms with Gasteiger partial charge >= 0.3 is 0 Å². The molecule has 16 heavy (non-hydrogen) atoms. The van der Waals surface area contributed by atoms with E-state index < -0.39 is 9.84 Å².